The summed E-state index contributed by atoms with van der Waals surface area (Å²) >= 11 is 0. The minimum atomic E-state index is -0.582. The van der Waals surface area contributed by atoms with Crippen LogP contribution < -0.4 is 4.90 Å². The molecule has 18 heavy (non-hydrogen) atoms. The number of benzene rings is 1. The van der Waals surface area contributed by atoms with Gasteiger partial charge in [0.2, 0.25) is 0 Å². The second-order valence-corrected chi connectivity index (χ2v) is 4.06. The zero-order valence-corrected chi connectivity index (χ0v) is 10.8. The summed E-state index contributed by atoms with van der Waals surface area (Å²) in [7, 11) is 1.60. The van der Waals surface area contributed by atoms with E-state index in [9.17, 15) is 20.2 Å². The average molecular weight is 253 g/mol. The molecule has 7 nitrogen and oxygen atoms in total. The van der Waals surface area contributed by atoms with E-state index in [1.54, 1.807) is 27.8 Å². The summed E-state index contributed by atoms with van der Waals surface area (Å²) in [4.78, 5) is 22.6. The molecule has 0 aliphatic carbocycles. The van der Waals surface area contributed by atoms with Crippen molar-refractivity contribution in [3.8, 4) is 0 Å². The number of aryl methyl sites for hydroxylation is 1. The second kappa shape index (κ2) is 4.99. The predicted octanol–water partition coefficient (Wildman–Crippen LogP) is 2.58. The van der Waals surface area contributed by atoms with Gasteiger partial charge in [-0.25, -0.2) is 0 Å². The molecule has 0 spiro atoms. The van der Waals surface area contributed by atoms with Crippen LogP contribution in [0.3, 0.4) is 0 Å². The molecular formula is C11H15N3O4. The van der Waals surface area contributed by atoms with Crippen LogP contribution in [0.15, 0.2) is 6.07 Å². The van der Waals surface area contributed by atoms with Gasteiger partial charge in [0, 0.05) is 25.2 Å². The van der Waals surface area contributed by atoms with Gasteiger partial charge in [0.25, 0.3) is 5.69 Å². The fourth-order valence-corrected chi connectivity index (χ4v) is 1.76. The van der Waals surface area contributed by atoms with Crippen LogP contribution in [0, 0.1) is 34.1 Å². The van der Waals surface area contributed by atoms with Crippen LogP contribution in [0.1, 0.15) is 18.1 Å². The van der Waals surface area contributed by atoms with Crippen LogP contribution in [0.25, 0.3) is 0 Å². The van der Waals surface area contributed by atoms with Crippen LogP contribution in [-0.4, -0.2) is 23.4 Å². The van der Waals surface area contributed by atoms with E-state index < -0.39 is 9.85 Å². The zero-order chi connectivity index (χ0) is 14.0. The van der Waals surface area contributed by atoms with Gasteiger partial charge in [-0.15, -0.1) is 0 Å². The fraction of sp³-hybridized carbons (Fsp3) is 0.455. The van der Waals surface area contributed by atoms with Crippen molar-refractivity contribution in [1.29, 1.82) is 0 Å². The Kier molecular flexibility index (Phi) is 3.85. The van der Waals surface area contributed by atoms with E-state index in [1.165, 1.54) is 11.0 Å². The van der Waals surface area contributed by atoms with Crippen molar-refractivity contribution in [1.82, 2.24) is 0 Å². The van der Waals surface area contributed by atoms with E-state index in [-0.39, 0.29) is 17.1 Å². The molecule has 0 radical (unpaired) electrons. The number of nitro benzene ring substituents is 2. The van der Waals surface area contributed by atoms with Gasteiger partial charge in [0.15, 0.2) is 5.69 Å². The molecule has 0 unspecified atom stereocenters. The highest BCUT2D eigenvalue weighted by Crippen LogP contribution is 2.40. The van der Waals surface area contributed by atoms with E-state index in [2.05, 4.69) is 0 Å². The van der Waals surface area contributed by atoms with Gasteiger partial charge in [0.1, 0.15) is 0 Å². The molecule has 0 saturated heterocycles. The molecule has 98 valence electrons. The van der Waals surface area contributed by atoms with Gasteiger partial charge in [-0.05, 0) is 26.3 Å². The van der Waals surface area contributed by atoms with E-state index in [0.29, 0.717) is 17.7 Å². The Hall–Kier alpha value is -2.18. The lowest BCUT2D eigenvalue weighted by Gasteiger charge is -2.18. The maximum Gasteiger partial charge on any atom is 0.302 e. The van der Waals surface area contributed by atoms with Gasteiger partial charge in [-0.3, -0.25) is 20.2 Å². The third kappa shape index (κ3) is 2.24. The first-order chi connectivity index (χ1) is 8.31. The number of anilines is 1. The smallest absolute Gasteiger partial charge is 0.302 e. The van der Waals surface area contributed by atoms with Crippen LogP contribution in [-0.2, 0) is 0 Å². The van der Waals surface area contributed by atoms with Crippen LogP contribution >= 0.6 is 0 Å². The van der Waals surface area contributed by atoms with E-state index >= 15 is 0 Å². The maximum atomic E-state index is 11.1. The highest BCUT2D eigenvalue weighted by molar-refractivity contribution is 5.78. The van der Waals surface area contributed by atoms with Gasteiger partial charge in [0.05, 0.1) is 9.85 Å². The average Bonchev–Trinajstić information content (AvgIpc) is 2.29. The van der Waals surface area contributed by atoms with Crippen molar-refractivity contribution < 1.29 is 9.85 Å². The topological polar surface area (TPSA) is 89.5 Å². The standard InChI is InChI=1S/C11H15N3O4/c1-5-12(4)11-9(13(15)16)6-7(2)8(3)10(11)14(17)18/h6H,5H2,1-4H3. The van der Waals surface area contributed by atoms with Gasteiger partial charge < -0.3 is 4.90 Å². The number of nitro groups is 2. The largest absolute Gasteiger partial charge is 0.364 e. The van der Waals surface area contributed by atoms with Crippen LogP contribution in [0.2, 0.25) is 0 Å². The number of nitrogens with zero attached hydrogens (tertiary/aromatic N) is 3. The van der Waals surface area contributed by atoms with Crippen LogP contribution in [0.4, 0.5) is 17.1 Å². The molecule has 1 rings (SSSR count). The van der Waals surface area contributed by atoms with E-state index in [4.69, 9.17) is 0 Å². The van der Waals surface area contributed by atoms with E-state index in [1.807, 2.05) is 0 Å². The molecular weight excluding hydrogens is 238 g/mol. The van der Waals surface area contributed by atoms with Gasteiger partial charge in [-0.1, -0.05) is 0 Å². The Balaban J connectivity index is 3.74. The summed E-state index contributed by atoms with van der Waals surface area (Å²) in [5.41, 5.74) is 0.651. The molecule has 0 aliphatic rings. The Labute approximate surface area is 104 Å². The Bertz CT molecular complexity index is 514. The highest BCUT2D eigenvalue weighted by atomic mass is 16.6. The Morgan fingerprint density at radius 3 is 2.17 bits per heavy atom. The predicted molar refractivity (Wildman–Crippen MR) is 68.2 cm³/mol. The number of hydrogen-bond donors (Lipinski definition) is 0. The quantitative estimate of drug-likeness (QED) is 0.607. The lowest BCUT2D eigenvalue weighted by atomic mass is 10.0. The summed E-state index contributed by atoms with van der Waals surface area (Å²) < 4.78 is 0. The molecule has 0 amide bonds. The summed E-state index contributed by atoms with van der Waals surface area (Å²) in [6, 6.07) is 1.38. The Morgan fingerprint density at radius 1 is 1.22 bits per heavy atom. The minimum absolute atomic E-state index is 0.0654. The van der Waals surface area contributed by atoms with Gasteiger partial charge >= 0.3 is 5.69 Å². The SMILES string of the molecule is CCN(C)c1c([N+](=O)[O-])cc(C)c(C)c1[N+](=O)[O-]. The number of rotatable bonds is 4. The second-order valence-electron chi connectivity index (χ2n) is 4.06. The summed E-state index contributed by atoms with van der Waals surface area (Å²) in [6.45, 7) is 5.46. The molecule has 1 aromatic rings. The summed E-state index contributed by atoms with van der Waals surface area (Å²) in [6.07, 6.45) is 0. The van der Waals surface area contributed by atoms with E-state index in [0.717, 1.165) is 0 Å². The van der Waals surface area contributed by atoms with Crippen molar-refractivity contribution in [3.63, 3.8) is 0 Å². The summed E-state index contributed by atoms with van der Waals surface area (Å²) in [5, 5.41) is 22.2. The molecule has 0 atom stereocenters. The molecule has 0 aromatic heterocycles. The minimum Gasteiger partial charge on any atom is -0.364 e. The lowest BCUT2D eigenvalue weighted by molar-refractivity contribution is -0.393. The van der Waals surface area contributed by atoms with Crippen LogP contribution in [0.5, 0.6) is 0 Å². The van der Waals surface area contributed by atoms with Crippen molar-refractivity contribution in [2.24, 2.45) is 0 Å². The monoisotopic (exact) mass is 253 g/mol. The molecule has 0 heterocycles. The van der Waals surface area contributed by atoms with Crippen molar-refractivity contribution >= 4 is 17.1 Å². The molecule has 0 saturated carbocycles. The third-order valence-electron chi connectivity index (χ3n) is 3.00. The first-order valence-corrected chi connectivity index (χ1v) is 5.45. The fourth-order valence-electron chi connectivity index (χ4n) is 1.76. The Morgan fingerprint density at radius 2 is 1.78 bits per heavy atom. The molecule has 7 heteroatoms. The zero-order valence-electron chi connectivity index (χ0n) is 10.8. The molecule has 0 bridgehead atoms. The first kappa shape index (κ1) is 13.9. The molecule has 0 N–H and O–H groups in total. The highest BCUT2D eigenvalue weighted by Gasteiger charge is 2.31. The van der Waals surface area contributed by atoms with Crippen molar-refractivity contribution in [2.45, 2.75) is 20.8 Å². The maximum absolute atomic E-state index is 11.1. The normalized spacial score (nSPS) is 10.2. The van der Waals surface area contributed by atoms with Gasteiger partial charge in [-0.2, -0.15) is 0 Å². The number of hydrogen-bond acceptors (Lipinski definition) is 5. The molecule has 0 aliphatic heterocycles. The van der Waals surface area contributed by atoms with Crippen molar-refractivity contribution in [3.05, 3.63) is 37.4 Å². The third-order valence-corrected chi connectivity index (χ3v) is 3.00. The lowest BCUT2D eigenvalue weighted by Crippen LogP contribution is -2.19. The van der Waals surface area contributed by atoms with Crippen molar-refractivity contribution in [2.75, 3.05) is 18.5 Å². The summed E-state index contributed by atoms with van der Waals surface area (Å²) in [5.74, 6) is 0. The molecule has 0 fully saturated rings. The first-order valence-electron chi connectivity index (χ1n) is 5.45. The molecule has 1 aromatic carbocycles.